The second-order valence-electron chi connectivity index (χ2n) is 5.80. The van der Waals surface area contributed by atoms with Gasteiger partial charge in [0.25, 0.3) is 0 Å². The Hall–Kier alpha value is -1.79. The molecule has 0 aromatic rings. The summed E-state index contributed by atoms with van der Waals surface area (Å²) in [5.74, 6) is -1.17. The third-order valence-corrected chi connectivity index (χ3v) is 4.47. The third kappa shape index (κ3) is 3.65. The molecule has 21 heavy (non-hydrogen) atoms. The third-order valence-electron chi connectivity index (χ3n) is 4.47. The van der Waals surface area contributed by atoms with Crippen molar-refractivity contribution < 1.29 is 19.5 Å². The fourth-order valence-electron chi connectivity index (χ4n) is 3.19. The van der Waals surface area contributed by atoms with E-state index in [4.69, 9.17) is 5.11 Å². The number of aliphatic carboxylic acids is 1. The lowest BCUT2D eigenvalue weighted by molar-refractivity contribution is -0.142. The van der Waals surface area contributed by atoms with Crippen LogP contribution in [-0.4, -0.2) is 53.6 Å². The minimum atomic E-state index is -0.751. The van der Waals surface area contributed by atoms with E-state index >= 15 is 0 Å². The van der Waals surface area contributed by atoms with Crippen LogP contribution in [0.25, 0.3) is 0 Å². The lowest BCUT2D eigenvalue weighted by Crippen LogP contribution is -2.51. The van der Waals surface area contributed by atoms with Gasteiger partial charge in [-0.15, -0.1) is 0 Å². The number of amides is 3. The number of rotatable bonds is 3. The molecule has 1 heterocycles. The van der Waals surface area contributed by atoms with Crippen LogP contribution in [0.4, 0.5) is 4.79 Å². The molecule has 1 unspecified atom stereocenters. The summed E-state index contributed by atoms with van der Waals surface area (Å²) >= 11 is 0. The number of hydrogen-bond donors (Lipinski definition) is 3. The number of nitrogens with one attached hydrogen (secondary N) is 2. The summed E-state index contributed by atoms with van der Waals surface area (Å²) in [4.78, 5) is 36.5. The van der Waals surface area contributed by atoms with Gasteiger partial charge in [0.1, 0.15) is 6.04 Å². The first kappa shape index (κ1) is 15.6. The molecule has 0 spiro atoms. The highest BCUT2D eigenvalue weighted by Gasteiger charge is 2.35. The molecule has 1 aliphatic carbocycles. The van der Waals surface area contributed by atoms with Crippen LogP contribution >= 0.6 is 0 Å². The van der Waals surface area contributed by atoms with Crippen LogP contribution in [0.3, 0.4) is 0 Å². The zero-order valence-corrected chi connectivity index (χ0v) is 12.3. The Kier molecular flexibility index (Phi) is 5.03. The Labute approximate surface area is 124 Å². The monoisotopic (exact) mass is 297 g/mol. The van der Waals surface area contributed by atoms with Gasteiger partial charge in [0, 0.05) is 19.6 Å². The predicted octanol–water partition coefficient (Wildman–Crippen LogP) is 0.550. The minimum Gasteiger partial charge on any atom is -0.481 e. The van der Waals surface area contributed by atoms with Crippen molar-refractivity contribution in [1.29, 1.82) is 0 Å². The van der Waals surface area contributed by atoms with Crippen molar-refractivity contribution in [3.05, 3.63) is 0 Å². The van der Waals surface area contributed by atoms with Crippen LogP contribution in [0.5, 0.6) is 0 Å². The fourth-order valence-corrected chi connectivity index (χ4v) is 3.19. The van der Waals surface area contributed by atoms with E-state index in [2.05, 4.69) is 10.6 Å². The Morgan fingerprint density at radius 1 is 1.10 bits per heavy atom. The average molecular weight is 297 g/mol. The van der Waals surface area contributed by atoms with Crippen LogP contribution < -0.4 is 10.6 Å². The Morgan fingerprint density at radius 3 is 2.33 bits per heavy atom. The minimum absolute atomic E-state index is 0.0130. The summed E-state index contributed by atoms with van der Waals surface area (Å²) in [7, 11) is 1.57. The van der Waals surface area contributed by atoms with Crippen molar-refractivity contribution in [2.45, 2.75) is 50.6 Å². The summed E-state index contributed by atoms with van der Waals surface area (Å²) in [6.45, 7) is 0.592. The molecule has 1 atom stereocenters. The summed E-state index contributed by atoms with van der Waals surface area (Å²) in [6.07, 6.45) is 4.08. The maximum absolute atomic E-state index is 12.3. The zero-order chi connectivity index (χ0) is 15.4. The van der Waals surface area contributed by atoms with Gasteiger partial charge in [0.05, 0.1) is 5.92 Å². The molecule has 1 aliphatic heterocycles. The topological polar surface area (TPSA) is 98.7 Å². The van der Waals surface area contributed by atoms with Crippen LogP contribution in [0.2, 0.25) is 0 Å². The number of hydrogen-bond acceptors (Lipinski definition) is 3. The molecular weight excluding hydrogens is 274 g/mol. The van der Waals surface area contributed by atoms with Crippen LogP contribution in [-0.2, 0) is 9.59 Å². The Bertz CT molecular complexity index is 418. The van der Waals surface area contributed by atoms with Crippen LogP contribution in [0.1, 0.15) is 38.5 Å². The molecule has 118 valence electrons. The van der Waals surface area contributed by atoms with E-state index in [0.29, 0.717) is 38.6 Å². The lowest BCUT2D eigenvalue weighted by atomic mass is 9.86. The summed E-state index contributed by atoms with van der Waals surface area (Å²) in [6, 6.07) is -0.579. The molecule has 0 aromatic heterocycles. The van der Waals surface area contributed by atoms with Crippen molar-refractivity contribution >= 4 is 17.9 Å². The van der Waals surface area contributed by atoms with E-state index < -0.39 is 5.97 Å². The van der Waals surface area contributed by atoms with E-state index in [9.17, 15) is 14.4 Å². The van der Waals surface area contributed by atoms with Gasteiger partial charge in [-0.2, -0.15) is 0 Å². The van der Waals surface area contributed by atoms with Crippen LogP contribution in [0, 0.1) is 5.92 Å². The highest BCUT2D eigenvalue weighted by atomic mass is 16.4. The lowest BCUT2D eigenvalue weighted by Gasteiger charge is -2.30. The molecular formula is C14H23N3O4. The number of carbonyl (C=O) groups is 3. The number of nitrogens with zero attached hydrogens (tertiary/aromatic N) is 1. The number of carboxylic acid groups (broad SMARTS) is 1. The van der Waals surface area contributed by atoms with Crippen molar-refractivity contribution in [2.24, 2.45) is 5.92 Å². The smallest absolute Gasteiger partial charge is 0.318 e. The van der Waals surface area contributed by atoms with E-state index in [1.165, 1.54) is 0 Å². The zero-order valence-electron chi connectivity index (χ0n) is 12.3. The predicted molar refractivity (Wildman–Crippen MR) is 75.7 cm³/mol. The van der Waals surface area contributed by atoms with Gasteiger partial charge < -0.3 is 20.6 Å². The van der Waals surface area contributed by atoms with E-state index in [-0.39, 0.29) is 29.9 Å². The first-order chi connectivity index (χ1) is 10.0. The van der Waals surface area contributed by atoms with E-state index in [1.54, 1.807) is 11.9 Å². The molecule has 0 radical (unpaired) electrons. The van der Waals surface area contributed by atoms with Gasteiger partial charge >= 0.3 is 12.0 Å². The molecule has 7 heteroatoms. The average Bonchev–Trinajstić information content (AvgIpc) is 2.96. The highest BCUT2D eigenvalue weighted by Crippen LogP contribution is 2.25. The van der Waals surface area contributed by atoms with Crippen molar-refractivity contribution in [3.8, 4) is 0 Å². The molecule has 1 saturated carbocycles. The standard InChI is InChI=1S/C14H23N3O4/c1-15-12(18)11-3-2-8-17(11)14(21)16-10-6-4-9(5-7-10)13(19)20/h9-11H,2-8H2,1H3,(H,15,18)(H,16,21)(H,19,20). The largest absolute Gasteiger partial charge is 0.481 e. The summed E-state index contributed by atoms with van der Waals surface area (Å²) in [5, 5.41) is 14.5. The maximum atomic E-state index is 12.3. The second kappa shape index (κ2) is 6.78. The number of likely N-dealkylation sites (N-methyl/N-ethyl adjacent to an activating group) is 1. The van der Waals surface area contributed by atoms with Crippen molar-refractivity contribution in [1.82, 2.24) is 15.5 Å². The first-order valence-corrected chi connectivity index (χ1v) is 7.54. The molecule has 0 bridgehead atoms. The van der Waals surface area contributed by atoms with E-state index in [1.807, 2.05) is 0 Å². The normalized spacial score (nSPS) is 29.0. The molecule has 0 aromatic carbocycles. The molecule has 1 saturated heterocycles. The maximum Gasteiger partial charge on any atom is 0.318 e. The SMILES string of the molecule is CNC(=O)C1CCCN1C(=O)NC1CCC(C(=O)O)CC1. The summed E-state index contributed by atoms with van der Waals surface area (Å²) in [5.41, 5.74) is 0. The highest BCUT2D eigenvalue weighted by molar-refractivity contribution is 5.87. The van der Waals surface area contributed by atoms with Crippen molar-refractivity contribution in [3.63, 3.8) is 0 Å². The van der Waals surface area contributed by atoms with Gasteiger partial charge in [-0.1, -0.05) is 0 Å². The number of likely N-dealkylation sites (tertiary alicyclic amines) is 1. The van der Waals surface area contributed by atoms with Crippen LogP contribution in [0.15, 0.2) is 0 Å². The molecule has 3 N–H and O–H groups in total. The fraction of sp³-hybridized carbons (Fsp3) is 0.786. The van der Waals surface area contributed by atoms with Gasteiger partial charge in [-0.05, 0) is 38.5 Å². The number of urea groups is 1. The quantitative estimate of drug-likeness (QED) is 0.708. The van der Waals surface area contributed by atoms with Gasteiger partial charge in [0.2, 0.25) is 5.91 Å². The Balaban J connectivity index is 1.84. The first-order valence-electron chi connectivity index (χ1n) is 7.54. The van der Waals surface area contributed by atoms with Gasteiger partial charge in [0.15, 0.2) is 0 Å². The molecule has 7 nitrogen and oxygen atoms in total. The Morgan fingerprint density at radius 2 is 1.76 bits per heavy atom. The molecule has 2 aliphatic rings. The summed E-state index contributed by atoms with van der Waals surface area (Å²) < 4.78 is 0. The van der Waals surface area contributed by atoms with E-state index in [0.717, 1.165) is 6.42 Å². The van der Waals surface area contributed by atoms with Crippen molar-refractivity contribution in [2.75, 3.05) is 13.6 Å². The molecule has 2 rings (SSSR count). The number of carbonyl (C=O) groups excluding carboxylic acids is 2. The van der Waals surface area contributed by atoms with Gasteiger partial charge in [-0.25, -0.2) is 4.79 Å². The molecule has 3 amide bonds. The number of carboxylic acids is 1. The molecule has 2 fully saturated rings. The second-order valence-corrected chi connectivity index (χ2v) is 5.80. The van der Waals surface area contributed by atoms with Gasteiger partial charge in [-0.3, -0.25) is 9.59 Å².